The molecule has 144 valence electrons. The summed E-state index contributed by atoms with van der Waals surface area (Å²) in [5.41, 5.74) is 0.589. The fourth-order valence-corrected chi connectivity index (χ4v) is 4.58. The normalized spacial score (nSPS) is 25.6. The standard InChI is InChI=1S/C21H26N2O4/c24-19(13-23-20(25)15-9-3-4-10-16(15)21(23)26)22-17-11-5-6-12-18(17)27-14-7-1-2-8-14/h5-6,11-12,14-16H,1-4,7-10,13H2,(H,22,24)/t15-,16-/m1/s1. The van der Waals surface area contributed by atoms with Crippen LogP contribution < -0.4 is 10.1 Å². The second-order valence-corrected chi connectivity index (χ2v) is 7.83. The van der Waals surface area contributed by atoms with E-state index < -0.39 is 0 Å². The Morgan fingerprint density at radius 2 is 1.56 bits per heavy atom. The Morgan fingerprint density at radius 3 is 2.22 bits per heavy atom. The van der Waals surface area contributed by atoms with Crippen molar-refractivity contribution in [3.05, 3.63) is 24.3 Å². The second-order valence-electron chi connectivity index (χ2n) is 7.83. The Hall–Kier alpha value is -2.37. The maximum Gasteiger partial charge on any atom is 0.244 e. The van der Waals surface area contributed by atoms with Crippen LogP contribution in [-0.2, 0) is 14.4 Å². The number of benzene rings is 1. The van der Waals surface area contributed by atoms with Crippen molar-refractivity contribution < 1.29 is 19.1 Å². The molecule has 3 aliphatic rings. The van der Waals surface area contributed by atoms with E-state index in [4.69, 9.17) is 4.74 Å². The van der Waals surface area contributed by atoms with E-state index in [1.165, 1.54) is 12.8 Å². The minimum absolute atomic E-state index is 0.185. The molecule has 1 saturated heterocycles. The Balaban J connectivity index is 1.41. The van der Waals surface area contributed by atoms with Gasteiger partial charge >= 0.3 is 0 Å². The predicted octanol–water partition coefficient (Wildman–Crippen LogP) is 3.12. The van der Waals surface area contributed by atoms with Gasteiger partial charge in [-0.3, -0.25) is 19.3 Å². The summed E-state index contributed by atoms with van der Waals surface area (Å²) in [6.45, 7) is -0.220. The molecule has 0 unspecified atom stereocenters. The summed E-state index contributed by atoms with van der Waals surface area (Å²) in [4.78, 5) is 38.8. The first-order valence-electron chi connectivity index (χ1n) is 10.0. The molecule has 6 heteroatoms. The molecule has 1 aromatic rings. The van der Waals surface area contributed by atoms with Crippen LogP contribution in [0.5, 0.6) is 5.75 Å². The molecular weight excluding hydrogens is 344 g/mol. The van der Waals surface area contributed by atoms with Crippen LogP contribution in [0.3, 0.4) is 0 Å². The number of anilines is 1. The summed E-state index contributed by atoms with van der Waals surface area (Å²) in [6.07, 6.45) is 8.05. The molecule has 1 aromatic carbocycles. The highest BCUT2D eigenvalue weighted by molar-refractivity contribution is 6.08. The number of nitrogens with zero attached hydrogens (tertiary/aromatic N) is 1. The average molecular weight is 370 g/mol. The first-order valence-corrected chi connectivity index (χ1v) is 10.0. The zero-order valence-corrected chi connectivity index (χ0v) is 15.5. The van der Waals surface area contributed by atoms with Gasteiger partial charge in [-0.2, -0.15) is 0 Å². The van der Waals surface area contributed by atoms with Crippen LogP contribution in [0, 0.1) is 11.8 Å². The minimum atomic E-state index is -0.363. The molecule has 6 nitrogen and oxygen atoms in total. The lowest BCUT2D eigenvalue weighted by Gasteiger charge is -2.19. The summed E-state index contributed by atoms with van der Waals surface area (Å²) in [5, 5.41) is 2.82. The molecule has 0 radical (unpaired) electrons. The number of likely N-dealkylation sites (tertiary alicyclic amines) is 1. The van der Waals surface area contributed by atoms with Crippen molar-refractivity contribution in [2.45, 2.75) is 57.5 Å². The zero-order valence-electron chi connectivity index (χ0n) is 15.5. The van der Waals surface area contributed by atoms with Gasteiger partial charge in [0.05, 0.1) is 23.6 Å². The molecular formula is C21H26N2O4. The molecule has 2 saturated carbocycles. The van der Waals surface area contributed by atoms with Crippen LogP contribution in [0.2, 0.25) is 0 Å². The van der Waals surface area contributed by atoms with Crippen molar-refractivity contribution in [3.8, 4) is 5.75 Å². The molecule has 0 spiro atoms. The van der Waals surface area contributed by atoms with Gasteiger partial charge in [-0.15, -0.1) is 0 Å². The molecule has 3 amide bonds. The van der Waals surface area contributed by atoms with Crippen LogP contribution in [-0.4, -0.2) is 35.3 Å². The SMILES string of the molecule is O=C(CN1C(=O)[C@@H]2CCCC[C@H]2C1=O)Nc1ccccc1OC1CCCC1. The maximum atomic E-state index is 12.5. The van der Waals surface area contributed by atoms with Gasteiger partial charge in [0.1, 0.15) is 12.3 Å². The highest BCUT2D eigenvalue weighted by Gasteiger charge is 2.48. The number of nitrogens with one attached hydrogen (secondary N) is 1. The van der Waals surface area contributed by atoms with Gasteiger partial charge in [0.2, 0.25) is 17.7 Å². The molecule has 27 heavy (non-hydrogen) atoms. The van der Waals surface area contributed by atoms with Crippen LogP contribution in [0.1, 0.15) is 51.4 Å². The Kier molecular flexibility index (Phi) is 5.14. The number of hydrogen-bond donors (Lipinski definition) is 1. The van der Waals surface area contributed by atoms with E-state index in [1.807, 2.05) is 18.2 Å². The number of imide groups is 1. The zero-order chi connectivity index (χ0) is 18.8. The summed E-state index contributed by atoms with van der Waals surface area (Å²) >= 11 is 0. The van der Waals surface area contributed by atoms with Gasteiger partial charge in [0.25, 0.3) is 0 Å². The molecule has 0 bridgehead atoms. The smallest absolute Gasteiger partial charge is 0.244 e. The lowest BCUT2D eigenvalue weighted by molar-refractivity contribution is -0.142. The molecule has 1 aliphatic heterocycles. The topological polar surface area (TPSA) is 75.7 Å². The molecule has 4 rings (SSSR count). The van der Waals surface area contributed by atoms with Crippen LogP contribution in [0.25, 0.3) is 0 Å². The number of hydrogen-bond acceptors (Lipinski definition) is 4. The highest BCUT2D eigenvalue weighted by atomic mass is 16.5. The summed E-state index contributed by atoms with van der Waals surface area (Å²) < 4.78 is 6.03. The van der Waals surface area contributed by atoms with E-state index >= 15 is 0 Å². The number of carbonyl (C=O) groups is 3. The van der Waals surface area contributed by atoms with E-state index in [9.17, 15) is 14.4 Å². The second kappa shape index (κ2) is 7.71. The number of rotatable bonds is 5. The first kappa shape index (κ1) is 18.0. The van der Waals surface area contributed by atoms with E-state index in [0.717, 1.165) is 43.4 Å². The number of ether oxygens (including phenoxy) is 1. The number of amides is 3. The van der Waals surface area contributed by atoms with Gasteiger partial charge in [-0.05, 0) is 50.7 Å². The number of carbonyl (C=O) groups excluding carboxylic acids is 3. The van der Waals surface area contributed by atoms with Gasteiger partial charge in [-0.25, -0.2) is 0 Å². The average Bonchev–Trinajstić information content (AvgIpc) is 3.27. The van der Waals surface area contributed by atoms with Crippen molar-refractivity contribution in [1.82, 2.24) is 4.90 Å². The largest absolute Gasteiger partial charge is 0.488 e. The number of fused-ring (bicyclic) bond motifs is 1. The number of para-hydroxylation sites is 2. The molecule has 2 aliphatic carbocycles. The molecule has 1 heterocycles. The van der Waals surface area contributed by atoms with Crippen LogP contribution in [0.4, 0.5) is 5.69 Å². The lowest BCUT2D eigenvalue weighted by atomic mass is 9.81. The van der Waals surface area contributed by atoms with Gasteiger partial charge < -0.3 is 10.1 Å². The van der Waals surface area contributed by atoms with Crippen molar-refractivity contribution in [2.24, 2.45) is 11.8 Å². The third kappa shape index (κ3) is 3.70. The fourth-order valence-electron chi connectivity index (χ4n) is 4.58. The third-order valence-electron chi connectivity index (χ3n) is 5.99. The van der Waals surface area contributed by atoms with Crippen molar-refractivity contribution >= 4 is 23.4 Å². The lowest BCUT2D eigenvalue weighted by Crippen LogP contribution is -2.38. The molecule has 3 fully saturated rings. The van der Waals surface area contributed by atoms with Gasteiger partial charge in [0.15, 0.2) is 0 Å². The molecule has 0 aromatic heterocycles. The Bertz CT molecular complexity index is 717. The van der Waals surface area contributed by atoms with Crippen molar-refractivity contribution in [2.75, 3.05) is 11.9 Å². The van der Waals surface area contributed by atoms with E-state index in [-0.39, 0.29) is 42.2 Å². The summed E-state index contributed by atoms with van der Waals surface area (Å²) in [6, 6.07) is 7.33. The Labute approximate surface area is 159 Å². The van der Waals surface area contributed by atoms with Crippen LogP contribution in [0.15, 0.2) is 24.3 Å². The van der Waals surface area contributed by atoms with Gasteiger partial charge in [0, 0.05) is 0 Å². The van der Waals surface area contributed by atoms with Crippen molar-refractivity contribution in [3.63, 3.8) is 0 Å². The Morgan fingerprint density at radius 1 is 0.963 bits per heavy atom. The highest BCUT2D eigenvalue weighted by Crippen LogP contribution is 2.38. The quantitative estimate of drug-likeness (QED) is 0.808. The summed E-state index contributed by atoms with van der Waals surface area (Å²) in [5.74, 6) is -0.539. The first-order chi connectivity index (χ1) is 13.1. The van der Waals surface area contributed by atoms with Crippen LogP contribution >= 0.6 is 0 Å². The van der Waals surface area contributed by atoms with Gasteiger partial charge in [-0.1, -0.05) is 25.0 Å². The van der Waals surface area contributed by atoms with E-state index in [0.29, 0.717) is 11.4 Å². The van der Waals surface area contributed by atoms with E-state index in [2.05, 4.69) is 5.32 Å². The molecule has 2 atom stereocenters. The van der Waals surface area contributed by atoms with E-state index in [1.54, 1.807) is 6.07 Å². The monoisotopic (exact) mass is 370 g/mol. The molecule has 1 N–H and O–H groups in total. The third-order valence-corrected chi connectivity index (χ3v) is 5.99. The fraction of sp³-hybridized carbons (Fsp3) is 0.571. The maximum absolute atomic E-state index is 12.5. The predicted molar refractivity (Wildman–Crippen MR) is 100 cm³/mol. The summed E-state index contributed by atoms with van der Waals surface area (Å²) in [7, 11) is 0. The minimum Gasteiger partial charge on any atom is -0.488 e. The van der Waals surface area contributed by atoms with Crippen molar-refractivity contribution in [1.29, 1.82) is 0 Å².